The van der Waals surface area contributed by atoms with E-state index in [2.05, 4.69) is 10.4 Å². The summed E-state index contributed by atoms with van der Waals surface area (Å²) in [6.45, 7) is 0.364. The third-order valence-corrected chi connectivity index (χ3v) is 3.22. The van der Waals surface area contributed by atoms with Gasteiger partial charge >= 0.3 is 0 Å². The van der Waals surface area contributed by atoms with E-state index in [-0.39, 0.29) is 11.7 Å². The molecule has 1 amide bonds. The Kier molecular flexibility index (Phi) is 3.96. The number of hydrogen-bond acceptors (Lipinski definition) is 2. The van der Waals surface area contributed by atoms with E-state index in [1.807, 2.05) is 36.5 Å². The Morgan fingerprint density at radius 3 is 2.55 bits per heavy atom. The lowest BCUT2D eigenvalue weighted by Gasteiger charge is -2.03. The predicted octanol–water partition coefficient (Wildman–Crippen LogP) is 2.94. The van der Waals surface area contributed by atoms with Crippen LogP contribution in [0.5, 0.6) is 0 Å². The maximum atomic E-state index is 12.8. The molecule has 22 heavy (non-hydrogen) atoms. The van der Waals surface area contributed by atoms with Crippen molar-refractivity contribution in [3.05, 3.63) is 83.9 Å². The molecule has 1 aromatic heterocycles. The fraction of sp³-hybridized carbons (Fsp3) is 0.0588. The topological polar surface area (TPSA) is 46.9 Å². The van der Waals surface area contributed by atoms with E-state index in [1.165, 1.54) is 24.3 Å². The van der Waals surface area contributed by atoms with Crippen LogP contribution in [-0.2, 0) is 6.54 Å². The molecule has 0 aliphatic heterocycles. The summed E-state index contributed by atoms with van der Waals surface area (Å²) < 4.78 is 14.6. The average molecular weight is 295 g/mol. The van der Waals surface area contributed by atoms with Crippen molar-refractivity contribution in [2.45, 2.75) is 6.54 Å². The molecule has 4 nitrogen and oxygen atoms in total. The van der Waals surface area contributed by atoms with Gasteiger partial charge in [0.15, 0.2) is 0 Å². The molecule has 0 radical (unpaired) electrons. The Labute approximate surface area is 127 Å². The number of carbonyl (C=O) groups is 1. The van der Waals surface area contributed by atoms with E-state index in [0.717, 1.165) is 11.3 Å². The molecule has 0 saturated heterocycles. The normalized spacial score (nSPS) is 10.4. The van der Waals surface area contributed by atoms with Crippen LogP contribution in [0.25, 0.3) is 5.69 Å². The molecule has 0 fully saturated rings. The van der Waals surface area contributed by atoms with Crippen LogP contribution in [0, 0.1) is 5.82 Å². The van der Waals surface area contributed by atoms with E-state index in [1.54, 1.807) is 10.9 Å². The van der Waals surface area contributed by atoms with Gasteiger partial charge in [-0.15, -0.1) is 0 Å². The van der Waals surface area contributed by atoms with Crippen LogP contribution in [-0.4, -0.2) is 15.7 Å². The van der Waals surface area contributed by atoms with Gasteiger partial charge in [-0.25, -0.2) is 9.07 Å². The number of halogens is 1. The number of para-hydroxylation sites is 1. The number of hydrogen-bond donors (Lipinski definition) is 1. The van der Waals surface area contributed by atoms with Crippen molar-refractivity contribution >= 4 is 5.91 Å². The van der Waals surface area contributed by atoms with Gasteiger partial charge in [0.2, 0.25) is 0 Å². The predicted molar refractivity (Wildman–Crippen MR) is 81.1 cm³/mol. The molecule has 0 unspecified atom stereocenters. The van der Waals surface area contributed by atoms with Gasteiger partial charge in [-0.3, -0.25) is 4.79 Å². The zero-order valence-corrected chi connectivity index (χ0v) is 11.7. The molecule has 110 valence electrons. The van der Waals surface area contributed by atoms with Gasteiger partial charge in [-0.1, -0.05) is 18.2 Å². The fourth-order valence-electron chi connectivity index (χ4n) is 2.06. The summed E-state index contributed by atoms with van der Waals surface area (Å²) in [5.74, 6) is -0.604. The minimum Gasteiger partial charge on any atom is -0.348 e. The maximum Gasteiger partial charge on any atom is 0.251 e. The molecule has 0 aliphatic rings. The minimum atomic E-state index is -0.360. The number of amides is 1. The van der Waals surface area contributed by atoms with Gasteiger partial charge < -0.3 is 5.32 Å². The quantitative estimate of drug-likeness (QED) is 0.804. The first-order valence-electron chi connectivity index (χ1n) is 6.85. The molecule has 0 spiro atoms. The minimum absolute atomic E-state index is 0.243. The number of carbonyl (C=O) groups excluding carboxylic acids is 1. The van der Waals surface area contributed by atoms with E-state index >= 15 is 0 Å². The van der Waals surface area contributed by atoms with Gasteiger partial charge in [0.1, 0.15) is 5.82 Å². The number of benzene rings is 2. The average Bonchev–Trinajstić information content (AvgIpc) is 3.03. The number of nitrogens with zero attached hydrogens (tertiary/aromatic N) is 2. The highest BCUT2D eigenvalue weighted by Gasteiger charge is 2.06. The highest BCUT2D eigenvalue weighted by atomic mass is 19.1. The summed E-state index contributed by atoms with van der Waals surface area (Å²) in [5.41, 5.74) is 2.27. The second kappa shape index (κ2) is 6.22. The van der Waals surface area contributed by atoms with Crippen molar-refractivity contribution in [3.63, 3.8) is 0 Å². The molecule has 3 aromatic rings. The first kappa shape index (κ1) is 14.0. The molecule has 1 N–H and O–H groups in total. The standard InChI is InChI=1S/C17H14FN3O/c18-15-8-6-14(7-9-15)17(22)19-10-13-11-20-21(12-13)16-4-2-1-3-5-16/h1-9,11-12H,10H2,(H,19,22). The highest BCUT2D eigenvalue weighted by Crippen LogP contribution is 2.08. The van der Waals surface area contributed by atoms with Crippen molar-refractivity contribution in [3.8, 4) is 5.69 Å². The smallest absolute Gasteiger partial charge is 0.251 e. The van der Waals surface area contributed by atoms with E-state index in [4.69, 9.17) is 0 Å². The summed E-state index contributed by atoms with van der Waals surface area (Å²) in [4.78, 5) is 11.9. The van der Waals surface area contributed by atoms with E-state index in [0.29, 0.717) is 12.1 Å². The molecular formula is C17H14FN3O. The lowest BCUT2D eigenvalue weighted by atomic mass is 10.2. The summed E-state index contributed by atoms with van der Waals surface area (Å²) in [5, 5.41) is 7.05. The van der Waals surface area contributed by atoms with Crippen molar-refractivity contribution < 1.29 is 9.18 Å². The Hall–Kier alpha value is -2.95. The zero-order chi connectivity index (χ0) is 15.4. The maximum absolute atomic E-state index is 12.8. The van der Waals surface area contributed by atoms with Crippen LogP contribution in [0.4, 0.5) is 4.39 Å². The summed E-state index contributed by atoms with van der Waals surface area (Å²) in [6.07, 6.45) is 3.57. The van der Waals surface area contributed by atoms with Gasteiger partial charge in [0, 0.05) is 23.9 Å². The Morgan fingerprint density at radius 2 is 1.82 bits per heavy atom. The van der Waals surface area contributed by atoms with Crippen LogP contribution in [0.3, 0.4) is 0 Å². The van der Waals surface area contributed by atoms with Crippen LogP contribution in [0.1, 0.15) is 15.9 Å². The van der Waals surface area contributed by atoms with Crippen LogP contribution < -0.4 is 5.32 Å². The van der Waals surface area contributed by atoms with Gasteiger partial charge in [0.05, 0.1) is 11.9 Å². The molecule has 5 heteroatoms. The van der Waals surface area contributed by atoms with Crippen molar-refractivity contribution in [2.75, 3.05) is 0 Å². The van der Waals surface area contributed by atoms with E-state index in [9.17, 15) is 9.18 Å². The lowest BCUT2D eigenvalue weighted by molar-refractivity contribution is 0.0951. The largest absolute Gasteiger partial charge is 0.348 e. The van der Waals surface area contributed by atoms with Crippen LogP contribution in [0.15, 0.2) is 67.0 Å². The Bertz CT molecular complexity index is 766. The number of nitrogens with one attached hydrogen (secondary N) is 1. The number of rotatable bonds is 4. The fourth-order valence-corrected chi connectivity index (χ4v) is 2.06. The summed E-state index contributed by atoms with van der Waals surface area (Å²) in [7, 11) is 0. The molecule has 2 aromatic carbocycles. The monoisotopic (exact) mass is 295 g/mol. The summed E-state index contributed by atoms with van der Waals surface area (Å²) >= 11 is 0. The Balaban J connectivity index is 1.64. The molecular weight excluding hydrogens is 281 g/mol. The highest BCUT2D eigenvalue weighted by molar-refractivity contribution is 5.94. The van der Waals surface area contributed by atoms with E-state index < -0.39 is 0 Å². The van der Waals surface area contributed by atoms with Gasteiger partial charge in [-0.05, 0) is 36.4 Å². The number of aromatic nitrogens is 2. The first-order valence-corrected chi connectivity index (χ1v) is 6.85. The molecule has 0 aliphatic carbocycles. The van der Waals surface area contributed by atoms with Crippen molar-refractivity contribution in [1.29, 1.82) is 0 Å². The van der Waals surface area contributed by atoms with Gasteiger partial charge in [-0.2, -0.15) is 5.10 Å². The van der Waals surface area contributed by atoms with Gasteiger partial charge in [0.25, 0.3) is 5.91 Å². The second-order valence-electron chi connectivity index (χ2n) is 4.82. The molecule has 1 heterocycles. The second-order valence-corrected chi connectivity index (χ2v) is 4.82. The third kappa shape index (κ3) is 3.20. The molecule has 0 atom stereocenters. The lowest BCUT2D eigenvalue weighted by Crippen LogP contribution is -2.22. The van der Waals surface area contributed by atoms with Crippen LogP contribution in [0.2, 0.25) is 0 Å². The summed E-state index contributed by atoms with van der Waals surface area (Å²) in [6, 6.07) is 15.2. The SMILES string of the molecule is O=C(NCc1cnn(-c2ccccc2)c1)c1ccc(F)cc1. The third-order valence-electron chi connectivity index (χ3n) is 3.22. The molecule has 0 bridgehead atoms. The molecule has 0 saturated carbocycles. The van der Waals surface area contributed by atoms with Crippen LogP contribution >= 0.6 is 0 Å². The first-order chi connectivity index (χ1) is 10.7. The van der Waals surface area contributed by atoms with Crippen molar-refractivity contribution in [2.24, 2.45) is 0 Å². The Morgan fingerprint density at radius 1 is 1.09 bits per heavy atom. The zero-order valence-electron chi connectivity index (χ0n) is 11.7. The van der Waals surface area contributed by atoms with Crippen molar-refractivity contribution in [1.82, 2.24) is 15.1 Å². The molecule has 3 rings (SSSR count).